The molecule has 0 radical (unpaired) electrons. The third-order valence-corrected chi connectivity index (χ3v) is 4.83. The highest BCUT2D eigenvalue weighted by Crippen LogP contribution is 2.22. The monoisotopic (exact) mass is 341 g/mol. The van der Waals surface area contributed by atoms with Crippen molar-refractivity contribution in [2.45, 2.75) is 39.2 Å². The van der Waals surface area contributed by atoms with Gasteiger partial charge in [-0.1, -0.05) is 13.8 Å². The number of hydrogen-bond donors (Lipinski definition) is 1. The molecule has 6 nitrogen and oxygen atoms in total. The molecule has 1 N–H and O–H groups in total. The maximum atomic E-state index is 12.7. The summed E-state index contributed by atoms with van der Waals surface area (Å²) in [7, 11) is 1.84. The molecule has 3 rings (SSSR count). The van der Waals surface area contributed by atoms with Gasteiger partial charge in [-0.2, -0.15) is 5.10 Å². The molecule has 1 aromatic carbocycles. The molecule has 2 aromatic rings. The lowest BCUT2D eigenvalue weighted by Gasteiger charge is -2.29. The zero-order valence-electron chi connectivity index (χ0n) is 15.3. The Balaban J connectivity index is 1.70. The van der Waals surface area contributed by atoms with Crippen LogP contribution in [0, 0.1) is 5.92 Å². The molecule has 1 aliphatic heterocycles. The van der Waals surface area contributed by atoms with Crippen LogP contribution in [0.5, 0.6) is 0 Å². The fraction of sp³-hybridized carbons (Fsp3) is 0.526. The van der Waals surface area contributed by atoms with Gasteiger partial charge in [0.05, 0.1) is 6.04 Å². The van der Waals surface area contributed by atoms with Gasteiger partial charge >= 0.3 is 0 Å². The zero-order chi connectivity index (χ0) is 17.8. The highest BCUT2D eigenvalue weighted by molar-refractivity contribution is 5.94. The number of nitrogens with one attached hydrogen (secondary N) is 1. The number of carbonyl (C=O) groups is 1. The lowest BCUT2D eigenvalue weighted by Crippen LogP contribution is -2.33. The first-order valence-electron chi connectivity index (χ1n) is 9.06. The summed E-state index contributed by atoms with van der Waals surface area (Å²) in [6, 6.07) is 7.75. The van der Waals surface area contributed by atoms with Crippen molar-refractivity contribution in [3.05, 3.63) is 42.0 Å². The molecule has 6 heteroatoms. The molecule has 1 saturated heterocycles. The van der Waals surface area contributed by atoms with Gasteiger partial charge in [-0.05, 0) is 49.4 Å². The number of carbonyl (C=O) groups excluding carboxylic acids is 1. The van der Waals surface area contributed by atoms with Crippen molar-refractivity contribution in [1.29, 1.82) is 0 Å². The van der Waals surface area contributed by atoms with Crippen LogP contribution in [0.1, 0.15) is 55.3 Å². The number of amides is 1. The molecule has 0 saturated carbocycles. The summed E-state index contributed by atoms with van der Waals surface area (Å²) < 4.78 is 1.71. The Morgan fingerprint density at radius 3 is 2.36 bits per heavy atom. The van der Waals surface area contributed by atoms with Gasteiger partial charge in [0.15, 0.2) is 0 Å². The molecule has 0 aliphatic carbocycles. The predicted molar refractivity (Wildman–Crippen MR) is 98.6 cm³/mol. The Hall–Kier alpha value is -2.37. The molecular weight excluding hydrogens is 314 g/mol. The number of rotatable bonds is 5. The smallest absolute Gasteiger partial charge is 0.251 e. The third kappa shape index (κ3) is 4.00. The summed E-state index contributed by atoms with van der Waals surface area (Å²) in [5.74, 6) is 0.916. The van der Waals surface area contributed by atoms with E-state index in [1.807, 2.05) is 31.3 Å². The molecule has 0 spiro atoms. The molecule has 1 aliphatic rings. The number of piperidine rings is 1. The van der Waals surface area contributed by atoms with E-state index in [9.17, 15) is 4.79 Å². The van der Waals surface area contributed by atoms with Crippen molar-refractivity contribution >= 4 is 11.6 Å². The molecular formula is C19H27N5O. The van der Waals surface area contributed by atoms with E-state index < -0.39 is 0 Å². The zero-order valence-corrected chi connectivity index (χ0v) is 15.3. The van der Waals surface area contributed by atoms with Crippen LogP contribution in [-0.4, -0.2) is 33.8 Å². The first kappa shape index (κ1) is 17.5. The minimum Gasteiger partial charge on any atom is -0.372 e. The molecule has 1 fully saturated rings. The SMILES string of the molecule is CC(C)C(NC(=O)c1ccc(N2CCCCC2)cc1)c1ncnn1C. The fourth-order valence-corrected chi connectivity index (χ4v) is 3.32. The van der Waals surface area contributed by atoms with Gasteiger partial charge in [0.25, 0.3) is 5.91 Å². The van der Waals surface area contributed by atoms with Crippen LogP contribution in [0.4, 0.5) is 5.69 Å². The maximum absolute atomic E-state index is 12.7. The number of anilines is 1. The van der Waals surface area contributed by atoms with Gasteiger partial charge in [0, 0.05) is 31.4 Å². The van der Waals surface area contributed by atoms with Gasteiger partial charge in [-0.3, -0.25) is 9.48 Å². The summed E-state index contributed by atoms with van der Waals surface area (Å²) in [4.78, 5) is 19.4. The van der Waals surface area contributed by atoms with Crippen LogP contribution in [0.25, 0.3) is 0 Å². The van der Waals surface area contributed by atoms with E-state index in [0.717, 1.165) is 18.9 Å². The van der Waals surface area contributed by atoms with E-state index in [-0.39, 0.29) is 17.9 Å². The van der Waals surface area contributed by atoms with Crippen molar-refractivity contribution in [3.63, 3.8) is 0 Å². The first-order chi connectivity index (χ1) is 12.1. The van der Waals surface area contributed by atoms with Crippen LogP contribution < -0.4 is 10.2 Å². The lowest BCUT2D eigenvalue weighted by molar-refractivity contribution is 0.0922. The van der Waals surface area contributed by atoms with Crippen LogP contribution in [0.3, 0.4) is 0 Å². The first-order valence-corrected chi connectivity index (χ1v) is 9.06. The topological polar surface area (TPSA) is 63.1 Å². The minimum absolute atomic E-state index is 0.0769. The second kappa shape index (κ2) is 7.68. The van der Waals surface area contributed by atoms with E-state index in [1.165, 1.54) is 31.3 Å². The Morgan fingerprint density at radius 1 is 1.12 bits per heavy atom. The maximum Gasteiger partial charge on any atom is 0.251 e. The second-order valence-electron chi connectivity index (χ2n) is 7.03. The minimum atomic E-state index is -0.165. The lowest BCUT2D eigenvalue weighted by atomic mass is 10.0. The molecule has 2 heterocycles. The number of hydrogen-bond acceptors (Lipinski definition) is 4. The molecule has 0 bridgehead atoms. The van der Waals surface area contributed by atoms with Gasteiger partial charge in [0.1, 0.15) is 12.2 Å². The van der Waals surface area contributed by atoms with Crippen molar-refractivity contribution in [2.75, 3.05) is 18.0 Å². The number of aryl methyl sites for hydroxylation is 1. The molecule has 1 aromatic heterocycles. The second-order valence-corrected chi connectivity index (χ2v) is 7.03. The van der Waals surface area contributed by atoms with Gasteiger partial charge in [-0.15, -0.1) is 0 Å². The Morgan fingerprint density at radius 2 is 1.80 bits per heavy atom. The van der Waals surface area contributed by atoms with Crippen LogP contribution in [0.2, 0.25) is 0 Å². The van der Waals surface area contributed by atoms with Crippen molar-refractivity contribution in [3.8, 4) is 0 Å². The predicted octanol–water partition coefficient (Wildman–Crippen LogP) is 2.93. The normalized spacial score (nSPS) is 16.1. The Labute approximate surface area is 149 Å². The Bertz CT molecular complexity index is 701. The van der Waals surface area contributed by atoms with E-state index in [4.69, 9.17) is 0 Å². The van der Waals surface area contributed by atoms with Crippen LogP contribution in [0.15, 0.2) is 30.6 Å². The average molecular weight is 341 g/mol. The van der Waals surface area contributed by atoms with E-state index in [2.05, 4.69) is 34.1 Å². The van der Waals surface area contributed by atoms with Crippen LogP contribution in [-0.2, 0) is 7.05 Å². The highest BCUT2D eigenvalue weighted by Gasteiger charge is 2.23. The van der Waals surface area contributed by atoms with Crippen molar-refractivity contribution in [1.82, 2.24) is 20.1 Å². The third-order valence-electron chi connectivity index (χ3n) is 4.83. The van der Waals surface area contributed by atoms with E-state index in [0.29, 0.717) is 5.56 Å². The summed E-state index contributed by atoms with van der Waals surface area (Å²) in [5.41, 5.74) is 1.87. The van der Waals surface area contributed by atoms with Gasteiger partial charge < -0.3 is 10.2 Å². The summed E-state index contributed by atoms with van der Waals surface area (Å²) in [5, 5.41) is 7.21. The fourth-order valence-electron chi connectivity index (χ4n) is 3.32. The molecule has 1 amide bonds. The Kier molecular flexibility index (Phi) is 5.36. The van der Waals surface area contributed by atoms with Gasteiger partial charge in [-0.25, -0.2) is 4.98 Å². The molecule has 1 atom stereocenters. The number of benzene rings is 1. The van der Waals surface area contributed by atoms with Crippen molar-refractivity contribution in [2.24, 2.45) is 13.0 Å². The van der Waals surface area contributed by atoms with Crippen LogP contribution >= 0.6 is 0 Å². The highest BCUT2D eigenvalue weighted by atomic mass is 16.1. The quantitative estimate of drug-likeness (QED) is 0.908. The van der Waals surface area contributed by atoms with Gasteiger partial charge in [0.2, 0.25) is 0 Å². The molecule has 25 heavy (non-hydrogen) atoms. The van der Waals surface area contributed by atoms with E-state index >= 15 is 0 Å². The summed E-state index contributed by atoms with van der Waals surface area (Å²) in [6.45, 7) is 6.35. The molecule has 134 valence electrons. The van der Waals surface area contributed by atoms with E-state index in [1.54, 1.807) is 4.68 Å². The number of aromatic nitrogens is 3. The molecule has 1 unspecified atom stereocenters. The summed E-state index contributed by atoms with van der Waals surface area (Å²) >= 11 is 0. The largest absolute Gasteiger partial charge is 0.372 e. The standard InChI is InChI=1S/C19H27N5O/c1-14(2)17(18-20-13-21-23(18)3)22-19(25)15-7-9-16(10-8-15)24-11-5-4-6-12-24/h7-10,13-14,17H,4-6,11-12H2,1-3H3,(H,22,25). The van der Waals surface area contributed by atoms with Crippen molar-refractivity contribution < 1.29 is 4.79 Å². The summed E-state index contributed by atoms with van der Waals surface area (Å²) in [6.07, 6.45) is 5.33. The number of nitrogens with zero attached hydrogens (tertiary/aromatic N) is 4. The average Bonchev–Trinajstić information content (AvgIpc) is 3.05.